The van der Waals surface area contributed by atoms with Gasteiger partial charge in [-0.2, -0.15) is 9.61 Å². The van der Waals surface area contributed by atoms with Gasteiger partial charge in [0.25, 0.3) is 5.56 Å². The highest BCUT2D eigenvalue weighted by Crippen LogP contribution is 2.33. The van der Waals surface area contributed by atoms with Crippen LogP contribution in [0.15, 0.2) is 41.5 Å². The van der Waals surface area contributed by atoms with Crippen LogP contribution in [0, 0.1) is 6.92 Å². The zero-order chi connectivity index (χ0) is 16.3. The number of nitrogens with zero attached hydrogens (tertiary/aromatic N) is 6. The lowest BCUT2D eigenvalue weighted by Gasteiger charge is -2.04. The molecule has 0 atom stereocenters. The summed E-state index contributed by atoms with van der Waals surface area (Å²) in [6.07, 6.45) is 3.63. The fraction of sp³-hybridized carbons (Fsp3) is 0.235. The van der Waals surface area contributed by atoms with Gasteiger partial charge in [-0.15, -0.1) is 10.2 Å². The molecule has 5 rings (SSSR count). The Balaban J connectivity index is 1.84. The van der Waals surface area contributed by atoms with Crippen molar-refractivity contribution in [3.8, 4) is 11.1 Å². The summed E-state index contributed by atoms with van der Waals surface area (Å²) in [6, 6.07) is 10.2. The Kier molecular flexibility index (Phi) is 2.62. The molecule has 0 amide bonds. The topological polar surface area (TPSA) is 78.0 Å². The maximum absolute atomic E-state index is 12.6. The van der Waals surface area contributed by atoms with Gasteiger partial charge in [0.15, 0.2) is 16.8 Å². The molecule has 7 nitrogen and oxygen atoms in total. The molecule has 1 aliphatic carbocycles. The standard InChI is InChI=1S/C17H14N6O/c1-10-13(11-5-3-2-4-6-11)15-20-19-14-16(23(15)21-10)18-9-22(17(14)24)12-7-8-12/h2-6,9,12H,7-8H2,1H3. The first-order valence-corrected chi connectivity index (χ1v) is 7.92. The lowest BCUT2D eigenvalue weighted by Crippen LogP contribution is -2.22. The van der Waals surface area contributed by atoms with E-state index in [1.807, 2.05) is 37.3 Å². The predicted molar refractivity (Wildman–Crippen MR) is 88.8 cm³/mol. The van der Waals surface area contributed by atoms with E-state index < -0.39 is 0 Å². The van der Waals surface area contributed by atoms with Crippen LogP contribution in [0.25, 0.3) is 27.9 Å². The molecule has 0 aliphatic heterocycles. The summed E-state index contributed by atoms with van der Waals surface area (Å²) in [7, 11) is 0. The van der Waals surface area contributed by atoms with Crippen molar-refractivity contribution < 1.29 is 0 Å². The summed E-state index contributed by atoms with van der Waals surface area (Å²) in [4.78, 5) is 17.0. The van der Waals surface area contributed by atoms with Gasteiger partial charge in [-0.05, 0) is 25.3 Å². The van der Waals surface area contributed by atoms with E-state index in [0.717, 1.165) is 29.7 Å². The van der Waals surface area contributed by atoms with Crippen molar-refractivity contribution in [1.29, 1.82) is 0 Å². The van der Waals surface area contributed by atoms with Gasteiger partial charge >= 0.3 is 0 Å². The van der Waals surface area contributed by atoms with E-state index in [2.05, 4.69) is 20.3 Å². The minimum absolute atomic E-state index is 0.147. The van der Waals surface area contributed by atoms with Crippen LogP contribution in [0.5, 0.6) is 0 Å². The number of rotatable bonds is 2. The summed E-state index contributed by atoms with van der Waals surface area (Å²) in [6.45, 7) is 1.92. The largest absolute Gasteiger partial charge is 0.294 e. The first kappa shape index (κ1) is 13.4. The van der Waals surface area contributed by atoms with Crippen LogP contribution in [-0.2, 0) is 0 Å². The average Bonchev–Trinajstić information content (AvgIpc) is 3.38. The third kappa shape index (κ3) is 1.81. The molecule has 7 heteroatoms. The van der Waals surface area contributed by atoms with Crippen molar-refractivity contribution >= 4 is 16.8 Å². The molecule has 1 aromatic carbocycles. The zero-order valence-corrected chi connectivity index (χ0v) is 13.0. The maximum Gasteiger partial charge on any atom is 0.283 e. The Morgan fingerprint density at radius 2 is 1.88 bits per heavy atom. The van der Waals surface area contributed by atoms with E-state index >= 15 is 0 Å². The highest BCUT2D eigenvalue weighted by molar-refractivity contribution is 5.83. The van der Waals surface area contributed by atoms with Gasteiger partial charge in [0.05, 0.1) is 11.3 Å². The Hall–Kier alpha value is -3.09. The Labute approximate surface area is 136 Å². The quantitative estimate of drug-likeness (QED) is 0.566. The second-order valence-electron chi connectivity index (χ2n) is 6.12. The monoisotopic (exact) mass is 318 g/mol. The smallest absolute Gasteiger partial charge is 0.283 e. The number of benzene rings is 1. The third-order valence-electron chi connectivity index (χ3n) is 4.44. The molecule has 118 valence electrons. The summed E-state index contributed by atoms with van der Waals surface area (Å²) in [5, 5.41) is 13.0. The van der Waals surface area contributed by atoms with Gasteiger partial charge in [-0.25, -0.2) is 4.98 Å². The van der Waals surface area contributed by atoms with Gasteiger partial charge in [-0.1, -0.05) is 30.3 Å². The van der Waals surface area contributed by atoms with E-state index in [9.17, 15) is 4.79 Å². The molecule has 0 unspecified atom stereocenters. The minimum Gasteiger partial charge on any atom is -0.294 e. The molecule has 0 N–H and O–H groups in total. The van der Waals surface area contributed by atoms with Crippen LogP contribution in [0.1, 0.15) is 24.6 Å². The first-order valence-electron chi connectivity index (χ1n) is 7.92. The predicted octanol–water partition coefficient (Wildman–Crippen LogP) is 2.14. The molecule has 4 aromatic rings. The SMILES string of the molecule is Cc1nn2c(nnc3c(=O)n(C4CC4)cnc32)c1-c1ccccc1. The molecule has 0 saturated heterocycles. The van der Waals surface area contributed by atoms with E-state index in [-0.39, 0.29) is 17.1 Å². The highest BCUT2D eigenvalue weighted by atomic mass is 16.1. The molecule has 0 bridgehead atoms. The normalized spacial score (nSPS) is 14.5. The molecule has 1 aliphatic rings. The van der Waals surface area contributed by atoms with Crippen molar-refractivity contribution in [3.63, 3.8) is 0 Å². The van der Waals surface area contributed by atoms with Crippen LogP contribution < -0.4 is 5.56 Å². The molecule has 3 aromatic heterocycles. The number of hydrogen-bond acceptors (Lipinski definition) is 5. The van der Waals surface area contributed by atoms with E-state index in [1.165, 1.54) is 0 Å². The number of aryl methyl sites for hydroxylation is 1. The van der Waals surface area contributed by atoms with Crippen LogP contribution in [0.3, 0.4) is 0 Å². The molecular formula is C17H14N6O. The number of aromatic nitrogens is 6. The second-order valence-corrected chi connectivity index (χ2v) is 6.12. The molecular weight excluding hydrogens is 304 g/mol. The first-order chi connectivity index (χ1) is 11.7. The van der Waals surface area contributed by atoms with Crippen LogP contribution in [-0.4, -0.2) is 29.4 Å². The molecule has 3 heterocycles. The van der Waals surface area contributed by atoms with Gasteiger partial charge in [0.1, 0.15) is 6.33 Å². The Bertz CT molecular complexity index is 1140. The molecule has 1 fully saturated rings. The Morgan fingerprint density at radius 1 is 1.08 bits per heavy atom. The van der Waals surface area contributed by atoms with Crippen LogP contribution >= 0.6 is 0 Å². The molecule has 24 heavy (non-hydrogen) atoms. The summed E-state index contributed by atoms with van der Waals surface area (Å²) < 4.78 is 3.27. The molecule has 0 spiro atoms. The van der Waals surface area contributed by atoms with Crippen molar-refractivity contribution in [1.82, 2.24) is 29.4 Å². The van der Waals surface area contributed by atoms with Crippen molar-refractivity contribution in [2.45, 2.75) is 25.8 Å². The summed E-state index contributed by atoms with van der Waals surface area (Å²) >= 11 is 0. The Morgan fingerprint density at radius 3 is 2.62 bits per heavy atom. The van der Waals surface area contributed by atoms with Gasteiger partial charge in [0, 0.05) is 6.04 Å². The lowest BCUT2D eigenvalue weighted by molar-refractivity contribution is 0.690. The summed E-state index contributed by atoms with van der Waals surface area (Å²) in [5.74, 6) is 0. The molecule has 1 saturated carbocycles. The van der Waals surface area contributed by atoms with Crippen molar-refractivity contribution in [3.05, 3.63) is 52.7 Å². The van der Waals surface area contributed by atoms with E-state index in [4.69, 9.17) is 0 Å². The average molecular weight is 318 g/mol. The minimum atomic E-state index is -0.147. The van der Waals surface area contributed by atoms with Crippen LogP contribution in [0.4, 0.5) is 0 Å². The van der Waals surface area contributed by atoms with Gasteiger partial charge in [-0.3, -0.25) is 9.36 Å². The highest BCUT2D eigenvalue weighted by Gasteiger charge is 2.26. The second kappa shape index (κ2) is 4.70. The molecule has 0 radical (unpaired) electrons. The van der Waals surface area contributed by atoms with Crippen LogP contribution in [0.2, 0.25) is 0 Å². The van der Waals surface area contributed by atoms with Gasteiger partial charge < -0.3 is 0 Å². The zero-order valence-electron chi connectivity index (χ0n) is 13.0. The summed E-state index contributed by atoms with van der Waals surface area (Å²) in [5.41, 5.74) is 3.94. The fourth-order valence-electron chi connectivity index (χ4n) is 3.10. The van der Waals surface area contributed by atoms with E-state index in [0.29, 0.717) is 11.3 Å². The van der Waals surface area contributed by atoms with Crippen molar-refractivity contribution in [2.75, 3.05) is 0 Å². The lowest BCUT2D eigenvalue weighted by atomic mass is 10.1. The maximum atomic E-state index is 12.6. The number of hydrogen-bond donors (Lipinski definition) is 0. The number of fused-ring (bicyclic) bond motifs is 3. The third-order valence-corrected chi connectivity index (χ3v) is 4.44. The van der Waals surface area contributed by atoms with Crippen molar-refractivity contribution in [2.24, 2.45) is 0 Å². The fourth-order valence-corrected chi connectivity index (χ4v) is 3.10. The van der Waals surface area contributed by atoms with E-state index in [1.54, 1.807) is 15.4 Å². The van der Waals surface area contributed by atoms with Gasteiger partial charge in [0.2, 0.25) is 0 Å².